The Kier molecular flexibility index (Phi) is 7.01. The summed E-state index contributed by atoms with van der Waals surface area (Å²) >= 11 is 7.41. The minimum atomic E-state index is -0.111. The summed E-state index contributed by atoms with van der Waals surface area (Å²) in [5.74, 6) is 1.51. The van der Waals surface area contributed by atoms with E-state index in [0.29, 0.717) is 16.0 Å². The van der Waals surface area contributed by atoms with Gasteiger partial charge < -0.3 is 10.1 Å². The molecule has 0 saturated heterocycles. The molecule has 8 heteroatoms. The number of anilines is 1. The van der Waals surface area contributed by atoms with Gasteiger partial charge in [0.05, 0.1) is 12.9 Å². The number of nitrogens with one attached hydrogen (secondary N) is 1. The quantitative estimate of drug-likeness (QED) is 0.333. The molecule has 4 aromatic rings. The largest absolute Gasteiger partial charge is 0.497 e. The predicted octanol–water partition coefficient (Wildman–Crippen LogP) is 5.94. The molecular weight excluding hydrogens is 456 g/mol. The number of benzene rings is 3. The smallest absolute Gasteiger partial charge is 0.234 e. The summed E-state index contributed by atoms with van der Waals surface area (Å²) in [6.45, 7) is 4.07. The summed E-state index contributed by atoms with van der Waals surface area (Å²) < 4.78 is 7.18. The highest BCUT2D eigenvalue weighted by molar-refractivity contribution is 7.99. The molecule has 0 aliphatic carbocycles. The first-order chi connectivity index (χ1) is 15.9. The van der Waals surface area contributed by atoms with E-state index in [1.807, 2.05) is 85.1 Å². The summed E-state index contributed by atoms with van der Waals surface area (Å²) in [7, 11) is 1.63. The van der Waals surface area contributed by atoms with Gasteiger partial charge in [0.15, 0.2) is 11.0 Å². The van der Waals surface area contributed by atoms with Crippen molar-refractivity contribution in [2.24, 2.45) is 0 Å². The number of hydrogen-bond acceptors (Lipinski definition) is 5. The zero-order valence-electron chi connectivity index (χ0n) is 18.5. The van der Waals surface area contributed by atoms with Gasteiger partial charge in [-0.3, -0.25) is 9.36 Å². The van der Waals surface area contributed by atoms with E-state index in [1.54, 1.807) is 7.11 Å². The van der Waals surface area contributed by atoms with Crippen molar-refractivity contribution in [2.45, 2.75) is 19.0 Å². The second-order valence-electron chi connectivity index (χ2n) is 7.48. The van der Waals surface area contributed by atoms with Crippen LogP contribution in [-0.2, 0) is 4.79 Å². The van der Waals surface area contributed by atoms with Crippen LogP contribution in [0, 0.1) is 13.8 Å². The van der Waals surface area contributed by atoms with Crippen molar-refractivity contribution in [3.05, 3.63) is 82.9 Å². The highest BCUT2D eigenvalue weighted by atomic mass is 35.5. The molecule has 0 saturated carbocycles. The Hall–Kier alpha value is -3.29. The normalized spacial score (nSPS) is 10.8. The molecule has 0 fully saturated rings. The predicted molar refractivity (Wildman–Crippen MR) is 134 cm³/mol. The van der Waals surface area contributed by atoms with Gasteiger partial charge in [0.1, 0.15) is 5.75 Å². The molecule has 6 nitrogen and oxygen atoms in total. The lowest BCUT2D eigenvalue weighted by Gasteiger charge is -2.11. The Bertz CT molecular complexity index is 1270. The average Bonchev–Trinajstić information content (AvgIpc) is 3.24. The number of aryl methyl sites for hydroxylation is 2. The number of ether oxygens (including phenoxy) is 1. The number of hydrogen-bond donors (Lipinski definition) is 1. The van der Waals surface area contributed by atoms with Crippen molar-refractivity contribution in [1.29, 1.82) is 0 Å². The second kappa shape index (κ2) is 10.1. The van der Waals surface area contributed by atoms with Gasteiger partial charge in [-0.1, -0.05) is 29.4 Å². The van der Waals surface area contributed by atoms with Crippen molar-refractivity contribution in [3.8, 4) is 22.8 Å². The van der Waals surface area contributed by atoms with E-state index in [4.69, 9.17) is 16.3 Å². The van der Waals surface area contributed by atoms with Crippen LogP contribution in [0.25, 0.3) is 17.1 Å². The van der Waals surface area contributed by atoms with Crippen LogP contribution in [0.15, 0.2) is 71.9 Å². The molecule has 0 atom stereocenters. The molecule has 0 unspecified atom stereocenters. The topological polar surface area (TPSA) is 69.0 Å². The van der Waals surface area contributed by atoms with Gasteiger partial charge in [-0.2, -0.15) is 0 Å². The summed E-state index contributed by atoms with van der Waals surface area (Å²) in [6.07, 6.45) is 0. The van der Waals surface area contributed by atoms with Crippen molar-refractivity contribution in [3.63, 3.8) is 0 Å². The molecule has 33 heavy (non-hydrogen) atoms. The fourth-order valence-electron chi connectivity index (χ4n) is 3.26. The van der Waals surface area contributed by atoms with E-state index in [9.17, 15) is 4.79 Å². The fraction of sp³-hybridized carbons (Fsp3) is 0.160. The lowest BCUT2D eigenvalue weighted by molar-refractivity contribution is -0.113. The van der Waals surface area contributed by atoms with E-state index in [2.05, 4.69) is 15.5 Å². The SMILES string of the molecule is COc1ccc(-c2nnc(SCC(=O)Nc3ccc(C)c(C)c3)n2-c2ccc(Cl)cc2)cc1. The van der Waals surface area contributed by atoms with Crippen molar-refractivity contribution < 1.29 is 9.53 Å². The molecule has 3 aromatic carbocycles. The number of amides is 1. The van der Waals surface area contributed by atoms with E-state index < -0.39 is 0 Å². The van der Waals surface area contributed by atoms with Crippen LogP contribution >= 0.6 is 23.4 Å². The summed E-state index contributed by atoms with van der Waals surface area (Å²) in [6, 6.07) is 20.9. The first-order valence-electron chi connectivity index (χ1n) is 10.3. The maximum atomic E-state index is 12.6. The maximum Gasteiger partial charge on any atom is 0.234 e. The number of aromatic nitrogens is 3. The molecule has 168 valence electrons. The molecule has 0 aliphatic rings. The van der Waals surface area contributed by atoms with Gasteiger partial charge in [0.25, 0.3) is 0 Å². The van der Waals surface area contributed by atoms with Crippen molar-refractivity contribution in [2.75, 3.05) is 18.2 Å². The van der Waals surface area contributed by atoms with Crippen LogP contribution < -0.4 is 10.1 Å². The van der Waals surface area contributed by atoms with Crippen LogP contribution in [0.3, 0.4) is 0 Å². The van der Waals surface area contributed by atoms with Crippen LogP contribution in [0.4, 0.5) is 5.69 Å². The molecule has 0 bridgehead atoms. The number of carbonyl (C=O) groups is 1. The highest BCUT2D eigenvalue weighted by Crippen LogP contribution is 2.29. The third-order valence-corrected chi connectivity index (χ3v) is 6.37. The molecular formula is C25H23ClN4O2S. The number of thioether (sulfide) groups is 1. The van der Waals surface area contributed by atoms with Gasteiger partial charge in [-0.05, 0) is 85.6 Å². The van der Waals surface area contributed by atoms with Crippen LogP contribution in [0.2, 0.25) is 5.02 Å². The van der Waals surface area contributed by atoms with E-state index in [0.717, 1.165) is 28.3 Å². The Morgan fingerprint density at radius 2 is 1.73 bits per heavy atom. The van der Waals surface area contributed by atoms with Gasteiger partial charge in [-0.15, -0.1) is 10.2 Å². The van der Waals surface area contributed by atoms with E-state index in [-0.39, 0.29) is 11.7 Å². The number of halogens is 1. The Morgan fingerprint density at radius 3 is 2.39 bits per heavy atom. The average molecular weight is 479 g/mol. The molecule has 1 heterocycles. The van der Waals surface area contributed by atoms with Crippen LogP contribution in [-0.4, -0.2) is 33.5 Å². The molecule has 0 aliphatic heterocycles. The van der Waals surface area contributed by atoms with Crippen molar-refractivity contribution in [1.82, 2.24) is 14.8 Å². The fourth-order valence-corrected chi connectivity index (χ4v) is 4.14. The van der Waals surface area contributed by atoms with Gasteiger partial charge in [0.2, 0.25) is 5.91 Å². The van der Waals surface area contributed by atoms with Gasteiger partial charge in [0, 0.05) is 22.0 Å². The maximum absolute atomic E-state index is 12.6. The standard InChI is InChI=1S/C25H23ClN4O2S/c1-16-4-9-20(14-17(16)2)27-23(31)15-33-25-29-28-24(18-5-12-22(32-3)13-6-18)30(25)21-10-7-19(26)8-11-21/h4-14H,15H2,1-3H3,(H,27,31). The highest BCUT2D eigenvalue weighted by Gasteiger charge is 2.17. The summed E-state index contributed by atoms with van der Waals surface area (Å²) in [4.78, 5) is 12.6. The number of rotatable bonds is 7. The Morgan fingerprint density at radius 1 is 1.00 bits per heavy atom. The van der Waals surface area contributed by atoms with Crippen LogP contribution in [0.1, 0.15) is 11.1 Å². The zero-order chi connectivity index (χ0) is 23.4. The third kappa shape index (κ3) is 5.38. The van der Waals surface area contributed by atoms with Gasteiger partial charge >= 0.3 is 0 Å². The van der Waals surface area contributed by atoms with Crippen molar-refractivity contribution >= 4 is 35.0 Å². The minimum absolute atomic E-state index is 0.111. The molecule has 1 amide bonds. The summed E-state index contributed by atoms with van der Waals surface area (Å²) in [5.41, 5.74) is 4.83. The first kappa shape index (κ1) is 22.9. The Labute approximate surface area is 202 Å². The monoisotopic (exact) mass is 478 g/mol. The number of methoxy groups -OCH3 is 1. The lowest BCUT2D eigenvalue weighted by Crippen LogP contribution is -2.14. The second-order valence-corrected chi connectivity index (χ2v) is 8.86. The number of carbonyl (C=O) groups excluding carboxylic acids is 1. The first-order valence-corrected chi connectivity index (χ1v) is 11.7. The third-order valence-electron chi connectivity index (χ3n) is 5.19. The molecule has 0 spiro atoms. The zero-order valence-corrected chi connectivity index (χ0v) is 20.1. The molecule has 1 aromatic heterocycles. The van der Waals surface area contributed by atoms with E-state index in [1.165, 1.54) is 17.3 Å². The van der Waals surface area contributed by atoms with Gasteiger partial charge in [-0.25, -0.2) is 0 Å². The van der Waals surface area contributed by atoms with E-state index >= 15 is 0 Å². The minimum Gasteiger partial charge on any atom is -0.497 e. The molecule has 4 rings (SSSR count). The molecule has 1 N–H and O–H groups in total. The molecule has 0 radical (unpaired) electrons. The summed E-state index contributed by atoms with van der Waals surface area (Å²) in [5, 5.41) is 13.0. The number of nitrogens with zero attached hydrogens (tertiary/aromatic N) is 3. The van der Waals surface area contributed by atoms with Crippen LogP contribution in [0.5, 0.6) is 5.75 Å². The lowest BCUT2D eigenvalue weighted by atomic mass is 10.1. The Balaban J connectivity index is 1.59.